The first-order chi connectivity index (χ1) is 9.15. The quantitative estimate of drug-likeness (QED) is 0.638. The largest absolute Gasteiger partial charge is 0.495 e. The summed E-state index contributed by atoms with van der Waals surface area (Å²) < 4.78 is 68.7. The highest BCUT2D eigenvalue weighted by molar-refractivity contribution is 7.91. The summed E-state index contributed by atoms with van der Waals surface area (Å²) in [5, 5.41) is 0. The zero-order chi connectivity index (χ0) is 15.4. The molecule has 0 radical (unpaired) electrons. The number of halogens is 3. The highest BCUT2D eigenvalue weighted by atomic mass is 32.2. The third kappa shape index (κ3) is 4.89. The Kier molecular flexibility index (Phi) is 5.23. The normalized spacial score (nSPS) is 12.4. The second-order valence-corrected chi connectivity index (χ2v) is 5.97. The van der Waals surface area contributed by atoms with Crippen molar-refractivity contribution >= 4 is 15.5 Å². The number of ether oxygens (including phenoxy) is 2. The molecule has 9 heteroatoms. The molecule has 0 atom stereocenters. The van der Waals surface area contributed by atoms with Crippen molar-refractivity contribution in [3.63, 3.8) is 0 Å². The van der Waals surface area contributed by atoms with Crippen molar-refractivity contribution in [3.05, 3.63) is 18.2 Å². The minimum atomic E-state index is -4.48. The van der Waals surface area contributed by atoms with Gasteiger partial charge < -0.3 is 15.2 Å². The van der Waals surface area contributed by atoms with Crippen LogP contribution >= 0.6 is 0 Å². The monoisotopic (exact) mass is 313 g/mol. The van der Waals surface area contributed by atoms with Crippen LogP contribution in [-0.2, 0) is 14.6 Å². The van der Waals surface area contributed by atoms with E-state index in [-0.39, 0.29) is 10.6 Å². The van der Waals surface area contributed by atoms with Crippen molar-refractivity contribution < 1.29 is 31.1 Å². The van der Waals surface area contributed by atoms with Crippen molar-refractivity contribution in [2.45, 2.75) is 11.1 Å². The molecule has 2 N–H and O–H groups in total. The molecule has 0 aliphatic heterocycles. The summed E-state index contributed by atoms with van der Waals surface area (Å²) in [6.45, 7) is -2.04. The van der Waals surface area contributed by atoms with Crippen LogP contribution in [0.2, 0.25) is 0 Å². The van der Waals surface area contributed by atoms with Crippen molar-refractivity contribution in [3.8, 4) is 5.75 Å². The molecule has 0 saturated carbocycles. The van der Waals surface area contributed by atoms with E-state index in [1.807, 2.05) is 0 Å². The first-order valence-corrected chi connectivity index (χ1v) is 7.12. The maximum atomic E-state index is 12.0. The fourth-order valence-electron chi connectivity index (χ4n) is 1.41. The van der Waals surface area contributed by atoms with Gasteiger partial charge in [0.05, 0.1) is 19.5 Å². The Morgan fingerprint density at radius 3 is 2.50 bits per heavy atom. The van der Waals surface area contributed by atoms with Crippen LogP contribution in [0.15, 0.2) is 23.1 Å². The van der Waals surface area contributed by atoms with E-state index in [1.54, 1.807) is 0 Å². The average molecular weight is 313 g/mol. The summed E-state index contributed by atoms with van der Waals surface area (Å²) >= 11 is 0. The SMILES string of the molecule is COc1cc(N)ccc1S(=O)(=O)CCOCC(F)(F)F. The number of rotatable bonds is 6. The minimum absolute atomic E-state index is 0.0424. The first-order valence-electron chi connectivity index (χ1n) is 5.46. The van der Waals surface area contributed by atoms with Gasteiger partial charge in [-0.05, 0) is 12.1 Å². The number of nitrogens with two attached hydrogens (primary N) is 1. The van der Waals surface area contributed by atoms with E-state index >= 15 is 0 Å². The number of anilines is 1. The van der Waals surface area contributed by atoms with Gasteiger partial charge in [0.1, 0.15) is 17.3 Å². The molecule has 0 aliphatic rings. The molecule has 20 heavy (non-hydrogen) atoms. The van der Waals surface area contributed by atoms with Crippen molar-refractivity contribution in [1.82, 2.24) is 0 Å². The van der Waals surface area contributed by atoms with E-state index in [1.165, 1.54) is 25.3 Å². The van der Waals surface area contributed by atoms with E-state index in [2.05, 4.69) is 4.74 Å². The third-order valence-electron chi connectivity index (χ3n) is 2.28. The lowest BCUT2D eigenvalue weighted by atomic mass is 10.3. The summed E-state index contributed by atoms with van der Waals surface area (Å²) in [5.41, 5.74) is 5.81. The highest BCUT2D eigenvalue weighted by Gasteiger charge is 2.28. The van der Waals surface area contributed by atoms with Gasteiger partial charge in [0.2, 0.25) is 0 Å². The van der Waals surface area contributed by atoms with E-state index < -0.39 is 35.0 Å². The van der Waals surface area contributed by atoms with Gasteiger partial charge in [-0.2, -0.15) is 13.2 Å². The predicted octanol–water partition coefficient (Wildman–Crippen LogP) is 1.63. The van der Waals surface area contributed by atoms with Gasteiger partial charge in [0, 0.05) is 11.8 Å². The number of methoxy groups -OCH3 is 1. The summed E-state index contributed by atoms with van der Waals surface area (Å²) in [4.78, 5) is -0.134. The van der Waals surface area contributed by atoms with Gasteiger partial charge in [-0.15, -0.1) is 0 Å². The molecule has 0 unspecified atom stereocenters. The van der Waals surface area contributed by atoms with Gasteiger partial charge in [-0.1, -0.05) is 0 Å². The first kappa shape index (κ1) is 16.6. The number of nitrogen functional groups attached to an aromatic ring is 1. The molecule has 0 spiro atoms. The van der Waals surface area contributed by atoms with Crippen molar-refractivity contribution in [2.75, 3.05) is 31.8 Å². The molecule has 0 aromatic heterocycles. The molecular weight excluding hydrogens is 299 g/mol. The van der Waals surface area contributed by atoms with Crippen molar-refractivity contribution in [2.24, 2.45) is 0 Å². The topological polar surface area (TPSA) is 78.6 Å². The van der Waals surface area contributed by atoms with Gasteiger partial charge in [-0.25, -0.2) is 8.42 Å². The Labute approximate surface area is 114 Å². The van der Waals surface area contributed by atoms with E-state index in [9.17, 15) is 21.6 Å². The molecule has 0 fully saturated rings. The molecule has 0 aliphatic carbocycles. The second-order valence-electron chi connectivity index (χ2n) is 3.90. The van der Waals surface area contributed by atoms with Crippen LogP contribution in [0.5, 0.6) is 5.75 Å². The number of benzene rings is 1. The molecule has 5 nitrogen and oxygen atoms in total. The van der Waals surface area contributed by atoms with Crippen LogP contribution in [0.4, 0.5) is 18.9 Å². The van der Waals surface area contributed by atoms with Crippen LogP contribution < -0.4 is 10.5 Å². The molecule has 0 saturated heterocycles. The molecule has 0 heterocycles. The van der Waals surface area contributed by atoms with Crippen LogP contribution in [0, 0.1) is 0 Å². The Morgan fingerprint density at radius 2 is 1.95 bits per heavy atom. The van der Waals surface area contributed by atoms with E-state index in [4.69, 9.17) is 10.5 Å². The van der Waals surface area contributed by atoms with E-state index in [0.29, 0.717) is 5.69 Å². The zero-order valence-electron chi connectivity index (χ0n) is 10.6. The molecule has 1 aromatic rings. The van der Waals surface area contributed by atoms with Crippen LogP contribution in [-0.4, -0.2) is 40.7 Å². The van der Waals surface area contributed by atoms with Gasteiger partial charge >= 0.3 is 6.18 Å². The molecule has 1 rings (SSSR count). The maximum Gasteiger partial charge on any atom is 0.411 e. The number of hydrogen-bond donors (Lipinski definition) is 1. The summed E-state index contributed by atoms with van der Waals surface area (Å²) in [6.07, 6.45) is -4.48. The number of sulfone groups is 1. The molecule has 0 bridgehead atoms. The van der Waals surface area contributed by atoms with Crippen LogP contribution in [0.1, 0.15) is 0 Å². The highest BCUT2D eigenvalue weighted by Crippen LogP contribution is 2.27. The molecule has 1 aromatic carbocycles. The third-order valence-corrected chi connectivity index (χ3v) is 4.00. The van der Waals surface area contributed by atoms with Gasteiger partial charge in [0.15, 0.2) is 9.84 Å². The molecule has 114 valence electrons. The Bertz CT molecular complexity index is 557. The molecule has 0 amide bonds. The van der Waals surface area contributed by atoms with Gasteiger partial charge in [0.25, 0.3) is 0 Å². The lowest BCUT2D eigenvalue weighted by molar-refractivity contribution is -0.172. The average Bonchev–Trinajstić information content (AvgIpc) is 2.33. The van der Waals surface area contributed by atoms with Crippen molar-refractivity contribution in [1.29, 1.82) is 0 Å². The maximum absolute atomic E-state index is 12.0. The fraction of sp³-hybridized carbons (Fsp3) is 0.455. The van der Waals surface area contributed by atoms with E-state index in [0.717, 1.165) is 0 Å². The summed E-state index contributed by atoms with van der Waals surface area (Å²) in [7, 11) is -2.54. The summed E-state index contributed by atoms with van der Waals surface area (Å²) in [6, 6.07) is 3.93. The number of hydrogen-bond acceptors (Lipinski definition) is 5. The predicted molar refractivity (Wildman–Crippen MR) is 66.3 cm³/mol. The van der Waals surface area contributed by atoms with Crippen LogP contribution in [0.3, 0.4) is 0 Å². The smallest absolute Gasteiger partial charge is 0.411 e. The summed E-state index contributed by atoms with van der Waals surface area (Å²) in [5.74, 6) is -0.538. The molecular formula is C11H14F3NO4S. The second kappa shape index (κ2) is 6.31. The fourth-order valence-corrected chi connectivity index (χ4v) is 2.69. The number of alkyl halides is 3. The van der Waals surface area contributed by atoms with Crippen LogP contribution in [0.25, 0.3) is 0 Å². The Hall–Kier alpha value is -1.48. The standard InChI is InChI=1S/C11H14F3NO4S/c1-18-9-6-8(15)2-3-10(9)20(16,17)5-4-19-7-11(12,13)14/h2-3,6H,4-5,7,15H2,1H3. The van der Waals surface area contributed by atoms with Gasteiger partial charge in [-0.3, -0.25) is 0 Å². The zero-order valence-corrected chi connectivity index (χ0v) is 11.4. The Morgan fingerprint density at radius 1 is 1.30 bits per heavy atom. The lowest BCUT2D eigenvalue weighted by Crippen LogP contribution is -2.21. The minimum Gasteiger partial charge on any atom is -0.495 e. The lowest BCUT2D eigenvalue weighted by Gasteiger charge is -2.11. The Balaban J connectivity index is 2.74.